The molecule has 0 fully saturated rings. The lowest BCUT2D eigenvalue weighted by molar-refractivity contribution is 0.417. The Hall–Kier alpha value is -1.63. The molecule has 2 aromatic carbocycles. The van der Waals surface area contributed by atoms with Crippen LogP contribution in [0, 0.1) is 0 Å². The van der Waals surface area contributed by atoms with Crippen LogP contribution < -0.4 is 15.2 Å². The van der Waals surface area contributed by atoms with Crippen LogP contribution in [-0.4, -0.2) is 15.5 Å². The number of benzene rings is 2. The molecule has 21 heavy (non-hydrogen) atoms. The number of nitrogens with one attached hydrogen (secondary N) is 1. The molecule has 0 aliphatic carbocycles. The van der Waals surface area contributed by atoms with Gasteiger partial charge in [0.25, 0.3) is 10.0 Å². The van der Waals surface area contributed by atoms with Gasteiger partial charge in [-0.3, -0.25) is 4.72 Å². The van der Waals surface area contributed by atoms with Gasteiger partial charge in [0.2, 0.25) is 0 Å². The van der Waals surface area contributed by atoms with E-state index in [2.05, 4.69) is 4.72 Å². The van der Waals surface area contributed by atoms with Crippen LogP contribution in [0.1, 0.15) is 0 Å². The summed E-state index contributed by atoms with van der Waals surface area (Å²) in [5.41, 5.74) is 6.27. The smallest absolute Gasteiger partial charge is 0.263 e. The second kappa shape index (κ2) is 6.01. The summed E-state index contributed by atoms with van der Waals surface area (Å²) in [4.78, 5) is -0.124. The highest BCUT2D eigenvalue weighted by Gasteiger charge is 2.21. The van der Waals surface area contributed by atoms with Crippen molar-refractivity contribution in [2.45, 2.75) is 4.90 Å². The van der Waals surface area contributed by atoms with Gasteiger partial charge in [0.15, 0.2) is 0 Å². The molecule has 3 N–H and O–H groups in total. The maximum atomic E-state index is 12.4. The summed E-state index contributed by atoms with van der Waals surface area (Å²) in [6.07, 6.45) is 0. The van der Waals surface area contributed by atoms with Crippen molar-refractivity contribution in [2.75, 3.05) is 17.6 Å². The molecule has 0 aliphatic rings. The molecular weight excluding hydrogens is 335 g/mol. The van der Waals surface area contributed by atoms with Crippen LogP contribution in [0.25, 0.3) is 0 Å². The van der Waals surface area contributed by atoms with Crippen molar-refractivity contribution in [2.24, 2.45) is 0 Å². The first kappa shape index (κ1) is 15.8. The Morgan fingerprint density at radius 2 is 1.90 bits per heavy atom. The van der Waals surface area contributed by atoms with Crippen molar-refractivity contribution in [3.05, 3.63) is 46.4 Å². The van der Waals surface area contributed by atoms with Gasteiger partial charge < -0.3 is 10.5 Å². The summed E-state index contributed by atoms with van der Waals surface area (Å²) in [6.45, 7) is 0. The normalized spacial score (nSPS) is 11.2. The fraction of sp³-hybridized carbons (Fsp3) is 0.0769. The molecule has 5 nitrogen and oxygen atoms in total. The Morgan fingerprint density at radius 1 is 1.19 bits per heavy atom. The number of nitrogens with two attached hydrogens (primary N) is 1. The van der Waals surface area contributed by atoms with E-state index >= 15 is 0 Å². The van der Waals surface area contributed by atoms with Crippen LogP contribution in [0.15, 0.2) is 41.3 Å². The van der Waals surface area contributed by atoms with Crippen molar-refractivity contribution < 1.29 is 13.2 Å². The Labute approximate surface area is 132 Å². The molecule has 0 bridgehead atoms. The van der Waals surface area contributed by atoms with E-state index in [0.717, 1.165) is 0 Å². The summed E-state index contributed by atoms with van der Waals surface area (Å²) in [6, 6.07) is 8.98. The molecule has 0 saturated heterocycles. The van der Waals surface area contributed by atoms with E-state index in [0.29, 0.717) is 11.4 Å². The molecular formula is C13H12Cl2N2O3S. The quantitative estimate of drug-likeness (QED) is 0.831. The van der Waals surface area contributed by atoms with Crippen LogP contribution >= 0.6 is 23.2 Å². The van der Waals surface area contributed by atoms with Gasteiger partial charge in [-0.2, -0.15) is 0 Å². The Kier molecular flexibility index (Phi) is 4.51. The highest BCUT2D eigenvalue weighted by atomic mass is 35.5. The second-order valence-electron chi connectivity index (χ2n) is 4.12. The Balaban J connectivity index is 2.47. The number of halogens is 2. The maximum absolute atomic E-state index is 12.4. The zero-order valence-corrected chi connectivity index (χ0v) is 13.3. The molecule has 8 heteroatoms. The molecule has 0 aromatic heterocycles. The van der Waals surface area contributed by atoms with E-state index in [1.54, 1.807) is 12.1 Å². The first-order chi connectivity index (χ1) is 9.85. The predicted molar refractivity (Wildman–Crippen MR) is 84.7 cm³/mol. The third-order valence-corrected chi connectivity index (χ3v) is 5.01. The van der Waals surface area contributed by atoms with E-state index in [9.17, 15) is 8.42 Å². The standard InChI is InChI=1S/C13H12Cl2N2O3S/c1-20-11-6-5-8(16)7-10(11)17-21(18,19)12-4-2-3-9(14)13(12)15/h2-7,17H,16H2,1H3. The van der Waals surface area contributed by atoms with E-state index in [4.69, 9.17) is 33.7 Å². The number of hydrogen-bond donors (Lipinski definition) is 2. The minimum Gasteiger partial charge on any atom is -0.495 e. The lowest BCUT2D eigenvalue weighted by Gasteiger charge is -2.13. The highest BCUT2D eigenvalue weighted by molar-refractivity contribution is 7.92. The molecule has 0 amide bonds. The molecule has 0 radical (unpaired) electrons. The maximum Gasteiger partial charge on any atom is 0.263 e. The number of methoxy groups -OCH3 is 1. The van der Waals surface area contributed by atoms with E-state index in [1.165, 1.54) is 31.4 Å². The van der Waals surface area contributed by atoms with Gasteiger partial charge >= 0.3 is 0 Å². The molecule has 0 spiro atoms. The molecule has 0 aliphatic heterocycles. The fourth-order valence-corrected chi connectivity index (χ4v) is 3.52. The SMILES string of the molecule is COc1ccc(N)cc1NS(=O)(=O)c1cccc(Cl)c1Cl. The second-order valence-corrected chi connectivity index (χ2v) is 6.55. The predicted octanol–water partition coefficient (Wildman–Crippen LogP) is 3.39. The van der Waals surface area contributed by atoms with Crippen LogP contribution in [0.5, 0.6) is 5.75 Å². The summed E-state index contributed by atoms with van der Waals surface area (Å²) < 4.78 is 32.3. The van der Waals surface area contributed by atoms with E-state index in [-0.39, 0.29) is 20.6 Å². The van der Waals surface area contributed by atoms with Crippen molar-refractivity contribution in [1.29, 1.82) is 0 Å². The molecule has 112 valence electrons. The monoisotopic (exact) mass is 346 g/mol. The Morgan fingerprint density at radius 3 is 2.57 bits per heavy atom. The average molecular weight is 347 g/mol. The topological polar surface area (TPSA) is 81.4 Å². The third-order valence-electron chi connectivity index (χ3n) is 2.67. The number of anilines is 2. The van der Waals surface area contributed by atoms with Crippen molar-refractivity contribution in [3.8, 4) is 5.75 Å². The minimum atomic E-state index is -3.92. The van der Waals surface area contributed by atoms with Gasteiger partial charge in [0, 0.05) is 5.69 Å². The van der Waals surface area contributed by atoms with Crippen molar-refractivity contribution in [1.82, 2.24) is 0 Å². The van der Waals surface area contributed by atoms with Gasteiger partial charge in [-0.15, -0.1) is 0 Å². The number of hydrogen-bond acceptors (Lipinski definition) is 4. The largest absolute Gasteiger partial charge is 0.495 e. The van der Waals surface area contributed by atoms with Crippen molar-refractivity contribution in [3.63, 3.8) is 0 Å². The number of rotatable bonds is 4. The number of ether oxygens (including phenoxy) is 1. The first-order valence-electron chi connectivity index (χ1n) is 5.75. The van der Waals surface area contributed by atoms with Crippen LogP contribution in [0.3, 0.4) is 0 Å². The van der Waals surface area contributed by atoms with Crippen LogP contribution in [-0.2, 0) is 10.0 Å². The third kappa shape index (κ3) is 3.34. The molecule has 0 heterocycles. The lowest BCUT2D eigenvalue weighted by atomic mass is 10.2. The molecule has 0 atom stereocenters. The number of sulfonamides is 1. The van der Waals surface area contributed by atoms with Crippen LogP contribution in [0.4, 0.5) is 11.4 Å². The highest BCUT2D eigenvalue weighted by Crippen LogP contribution is 2.33. The number of nitrogen functional groups attached to an aromatic ring is 1. The fourth-order valence-electron chi connectivity index (χ4n) is 1.70. The zero-order valence-electron chi connectivity index (χ0n) is 10.9. The van der Waals surface area contributed by atoms with Gasteiger partial charge in [-0.05, 0) is 30.3 Å². The van der Waals surface area contributed by atoms with Gasteiger partial charge in [-0.25, -0.2) is 8.42 Å². The minimum absolute atomic E-state index is 0.0467. The van der Waals surface area contributed by atoms with Gasteiger partial charge in [0.05, 0.1) is 22.8 Å². The summed E-state index contributed by atoms with van der Waals surface area (Å²) in [5.74, 6) is 0.339. The van der Waals surface area contributed by atoms with E-state index in [1.807, 2.05) is 0 Å². The van der Waals surface area contributed by atoms with Gasteiger partial charge in [-0.1, -0.05) is 29.3 Å². The first-order valence-corrected chi connectivity index (χ1v) is 7.99. The summed E-state index contributed by atoms with van der Waals surface area (Å²) in [5, 5.41) is 0.105. The zero-order chi connectivity index (χ0) is 15.6. The van der Waals surface area contributed by atoms with Crippen LogP contribution in [0.2, 0.25) is 10.0 Å². The Bertz CT molecular complexity index is 779. The molecule has 0 saturated carbocycles. The van der Waals surface area contributed by atoms with Gasteiger partial charge in [0.1, 0.15) is 10.6 Å². The lowest BCUT2D eigenvalue weighted by Crippen LogP contribution is -2.14. The van der Waals surface area contributed by atoms with E-state index < -0.39 is 10.0 Å². The summed E-state index contributed by atoms with van der Waals surface area (Å²) >= 11 is 11.8. The molecule has 2 aromatic rings. The molecule has 2 rings (SSSR count). The van der Waals surface area contributed by atoms with Crippen molar-refractivity contribution >= 4 is 44.6 Å². The average Bonchev–Trinajstić information content (AvgIpc) is 2.41. The summed E-state index contributed by atoms with van der Waals surface area (Å²) in [7, 11) is -2.49. The molecule has 0 unspecified atom stereocenters.